The molecule has 0 saturated heterocycles. The van der Waals surface area contributed by atoms with Crippen LogP contribution in [0.2, 0.25) is 0 Å². The highest BCUT2D eigenvalue weighted by Gasteiger charge is 2.12. The van der Waals surface area contributed by atoms with Crippen LogP contribution in [0, 0.1) is 10.1 Å². The number of hydrogen-bond acceptors (Lipinski definition) is 5. The lowest BCUT2D eigenvalue weighted by atomic mass is 10.1. The number of allylic oxidation sites excluding steroid dienone is 1. The van der Waals surface area contributed by atoms with Gasteiger partial charge >= 0.3 is 0 Å². The molecule has 0 aliphatic rings. The normalized spacial score (nSPS) is 10.7. The van der Waals surface area contributed by atoms with E-state index in [4.69, 9.17) is 4.74 Å². The minimum Gasteiger partial charge on any atom is -0.507 e. The molecule has 140 valence electrons. The van der Waals surface area contributed by atoms with Crippen molar-refractivity contribution >= 4 is 17.5 Å². The fourth-order valence-corrected chi connectivity index (χ4v) is 2.60. The number of ketones is 1. The molecule has 0 radical (unpaired) electrons. The molecule has 0 aliphatic carbocycles. The summed E-state index contributed by atoms with van der Waals surface area (Å²) in [6.07, 6.45) is 2.56. The molecule has 3 aromatic rings. The Morgan fingerprint density at radius 2 is 1.75 bits per heavy atom. The third-order valence-corrected chi connectivity index (χ3v) is 4.03. The van der Waals surface area contributed by atoms with Gasteiger partial charge in [-0.25, -0.2) is 0 Å². The van der Waals surface area contributed by atoms with Crippen molar-refractivity contribution in [3.8, 4) is 11.5 Å². The zero-order valence-electron chi connectivity index (χ0n) is 14.8. The SMILES string of the molecule is O=C(/C=C/c1ccccc1[N+](=O)[O-])c1ccc(OCc2ccccc2)cc1O. The molecular weight excluding hydrogens is 358 g/mol. The Bertz CT molecular complexity index is 1030. The van der Waals surface area contributed by atoms with Gasteiger partial charge in [0.15, 0.2) is 5.78 Å². The van der Waals surface area contributed by atoms with E-state index in [2.05, 4.69) is 0 Å². The average Bonchev–Trinajstić information content (AvgIpc) is 2.71. The standard InChI is InChI=1S/C22H17NO5/c24-21(13-10-17-8-4-5-9-20(17)23(26)27)19-12-11-18(14-22(19)25)28-15-16-6-2-1-3-7-16/h1-14,25H,15H2/b13-10+. The molecule has 0 fully saturated rings. The van der Waals surface area contributed by atoms with Gasteiger partial charge in [-0.15, -0.1) is 0 Å². The maximum Gasteiger partial charge on any atom is 0.276 e. The van der Waals surface area contributed by atoms with Crippen LogP contribution in [0.1, 0.15) is 21.5 Å². The Morgan fingerprint density at radius 1 is 1.04 bits per heavy atom. The maximum absolute atomic E-state index is 12.4. The van der Waals surface area contributed by atoms with E-state index in [1.165, 1.54) is 30.4 Å². The van der Waals surface area contributed by atoms with Crippen molar-refractivity contribution in [1.82, 2.24) is 0 Å². The zero-order chi connectivity index (χ0) is 19.9. The minimum atomic E-state index is -0.513. The second-order valence-electron chi connectivity index (χ2n) is 5.97. The van der Waals surface area contributed by atoms with E-state index < -0.39 is 10.7 Å². The van der Waals surface area contributed by atoms with Crippen LogP contribution in [-0.4, -0.2) is 15.8 Å². The van der Waals surface area contributed by atoms with Crippen molar-refractivity contribution in [3.05, 3.63) is 106 Å². The molecular formula is C22H17NO5. The van der Waals surface area contributed by atoms with Crippen LogP contribution >= 0.6 is 0 Å². The number of nitrogens with zero attached hydrogens (tertiary/aromatic N) is 1. The van der Waals surface area contributed by atoms with Crippen molar-refractivity contribution in [2.24, 2.45) is 0 Å². The van der Waals surface area contributed by atoms with Gasteiger partial charge < -0.3 is 9.84 Å². The molecule has 0 atom stereocenters. The third-order valence-electron chi connectivity index (χ3n) is 4.03. The Kier molecular flexibility index (Phi) is 5.81. The molecule has 1 N–H and O–H groups in total. The van der Waals surface area contributed by atoms with Crippen LogP contribution in [0.5, 0.6) is 11.5 Å². The second-order valence-corrected chi connectivity index (χ2v) is 5.97. The summed E-state index contributed by atoms with van der Waals surface area (Å²) >= 11 is 0. The fraction of sp³-hybridized carbons (Fsp3) is 0.0455. The summed E-state index contributed by atoms with van der Waals surface area (Å²) in [4.78, 5) is 22.9. The van der Waals surface area contributed by atoms with Crippen LogP contribution in [0.4, 0.5) is 5.69 Å². The highest BCUT2D eigenvalue weighted by atomic mass is 16.6. The first kappa shape index (κ1) is 18.8. The van der Waals surface area contributed by atoms with E-state index >= 15 is 0 Å². The first-order valence-corrected chi connectivity index (χ1v) is 8.50. The summed E-state index contributed by atoms with van der Waals surface area (Å²) in [6, 6.07) is 20.1. The van der Waals surface area contributed by atoms with Gasteiger partial charge in [-0.1, -0.05) is 42.5 Å². The number of aromatic hydroxyl groups is 1. The third kappa shape index (κ3) is 4.62. The largest absolute Gasteiger partial charge is 0.507 e. The number of phenols is 1. The molecule has 0 spiro atoms. The summed E-state index contributed by atoms with van der Waals surface area (Å²) in [5.41, 5.74) is 1.28. The van der Waals surface area contributed by atoms with Crippen molar-refractivity contribution < 1.29 is 19.6 Å². The monoisotopic (exact) mass is 375 g/mol. The van der Waals surface area contributed by atoms with Crippen molar-refractivity contribution in [2.45, 2.75) is 6.61 Å². The Labute approximate surface area is 161 Å². The highest BCUT2D eigenvalue weighted by molar-refractivity contribution is 6.08. The van der Waals surface area contributed by atoms with Crippen LogP contribution in [0.15, 0.2) is 78.9 Å². The average molecular weight is 375 g/mol. The molecule has 0 saturated carbocycles. The van der Waals surface area contributed by atoms with Gasteiger partial charge in [0.1, 0.15) is 18.1 Å². The van der Waals surface area contributed by atoms with Crippen LogP contribution in [-0.2, 0) is 6.61 Å². The molecule has 3 aromatic carbocycles. The Morgan fingerprint density at radius 3 is 2.46 bits per heavy atom. The van der Waals surface area contributed by atoms with Crippen molar-refractivity contribution in [3.63, 3.8) is 0 Å². The topological polar surface area (TPSA) is 89.7 Å². The van der Waals surface area contributed by atoms with E-state index in [0.717, 1.165) is 5.56 Å². The van der Waals surface area contributed by atoms with E-state index in [1.54, 1.807) is 24.3 Å². The summed E-state index contributed by atoms with van der Waals surface area (Å²) in [5.74, 6) is -0.256. The molecule has 0 aromatic heterocycles. The number of para-hydroxylation sites is 1. The number of hydrogen-bond donors (Lipinski definition) is 1. The predicted molar refractivity (Wildman–Crippen MR) is 105 cm³/mol. The number of nitro groups is 1. The lowest BCUT2D eigenvalue weighted by Gasteiger charge is -2.08. The van der Waals surface area contributed by atoms with Gasteiger partial charge in [0, 0.05) is 12.1 Å². The predicted octanol–water partition coefficient (Wildman–Crippen LogP) is 4.78. The Hall–Kier alpha value is -3.93. The molecule has 0 unspecified atom stereocenters. The van der Waals surface area contributed by atoms with Crippen molar-refractivity contribution in [2.75, 3.05) is 0 Å². The van der Waals surface area contributed by atoms with Crippen LogP contribution in [0.3, 0.4) is 0 Å². The minimum absolute atomic E-state index is 0.0851. The van der Waals surface area contributed by atoms with Gasteiger partial charge in [-0.05, 0) is 35.9 Å². The van der Waals surface area contributed by atoms with E-state index in [1.807, 2.05) is 30.3 Å². The summed E-state index contributed by atoms with van der Waals surface area (Å²) in [5, 5.41) is 21.2. The zero-order valence-corrected chi connectivity index (χ0v) is 14.8. The number of ether oxygens (including phenoxy) is 1. The molecule has 0 amide bonds. The van der Waals surface area contributed by atoms with E-state index in [0.29, 0.717) is 17.9 Å². The molecule has 6 nitrogen and oxygen atoms in total. The van der Waals surface area contributed by atoms with Crippen molar-refractivity contribution in [1.29, 1.82) is 0 Å². The van der Waals surface area contributed by atoms with Gasteiger partial charge in [-0.2, -0.15) is 0 Å². The summed E-state index contributed by atoms with van der Waals surface area (Å²) in [6.45, 7) is 0.338. The lowest BCUT2D eigenvalue weighted by molar-refractivity contribution is -0.385. The highest BCUT2D eigenvalue weighted by Crippen LogP contribution is 2.26. The van der Waals surface area contributed by atoms with Gasteiger partial charge in [0.25, 0.3) is 5.69 Å². The first-order valence-electron chi connectivity index (χ1n) is 8.50. The molecule has 0 heterocycles. The van der Waals surface area contributed by atoms with Gasteiger partial charge in [0.2, 0.25) is 0 Å². The van der Waals surface area contributed by atoms with Gasteiger partial charge in [0.05, 0.1) is 16.1 Å². The Balaban J connectivity index is 1.71. The number of nitro benzene ring substituents is 1. The van der Waals surface area contributed by atoms with Crippen LogP contribution in [0.25, 0.3) is 6.08 Å². The molecule has 6 heteroatoms. The molecule has 3 rings (SSSR count). The number of rotatable bonds is 7. The number of benzene rings is 3. The number of phenolic OH excluding ortho intramolecular Hbond substituents is 1. The molecule has 28 heavy (non-hydrogen) atoms. The summed E-state index contributed by atoms with van der Waals surface area (Å²) < 4.78 is 5.61. The van der Waals surface area contributed by atoms with E-state index in [9.17, 15) is 20.0 Å². The van der Waals surface area contributed by atoms with Gasteiger partial charge in [-0.3, -0.25) is 14.9 Å². The second kappa shape index (κ2) is 8.64. The lowest BCUT2D eigenvalue weighted by Crippen LogP contribution is -1.98. The first-order chi connectivity index (χ1) is 13.5. The fourth-order valence-electron chi connectivity index (χ4n) is 2.60. The number of carbonyl (C=O) groups is 1. The maximum atomic E-state index is 12.4. The molecule has 0 aliphatic heterocycles. The summed E-state index contributed by atoms with van der Waals surface area (Å²) in [7, 11) is 0. The van der Waals surface area contributed by atoms with Crippen LogP contribution < -0.4 is 4.74 Å². The molecule has 0 bridgehead atoms. The number of carbonyl (C=O) groups excluding carboxylic acids is 1. The van der Waals surface area contributed by atoms with E-state index in [-0.39, 0.29) is 17.0 Å². The quantitative estimate of drug-likeness (QED) is 0.278. The smallest absolute Gasteiger partial charge is 0.276 e.